The fraction of sp³-hybridized carbons (Fsp3) is 0.231. The maximum atomic E-state index is 12.1. The molecule has 20 heavy (non-hydrogen) atoms. The number of rotatable bonds is 4. The number of aromatic amines is 1. The second-order valence-corrected chi connectivity index (χ2v) is 5.18. The van der Waals surface area contributed by atoms with Crippen molar-refractivity contribution in [3.05, 3.63) is 40.0 Å². The van der Waals surface area contributed by atoms with Gasteiger partial charge in [-0.25, -0.2) is 0 Å². The quantitative estimate of drug-likeness (QED) is 0.811. The summed E-state index contributed by atoms with van der Waals surface area (Å²) in [4.78, 5) is 12.1. The first kappa shape index (κ1) is 14.8. The van der Waals surface area contributed by atoms with Gasteiger partial charge in [-0.05, 0) is 25.1 Å². The fourth-order valence-electron chi connectivity index (χ4n) is 1.70. The molecule has 0 aliphatic heterocycles. The van der Waals surface area contributed by atoms with E-state index in [0.29, 0.717) is 26.9 Å². The average Bonchev–Trinajstić information content (AvgIpc) is 2.87. The van der Waals surface area contributed by atoms with Crippen LogP contribution in [0.4, 0.5) is 0 Å². The molecule has 0 saturated carbocycles. The zero-order valence-corrected chi connectivity index (χ0v) is 12.2. The summed E-state index contributed by atoms with van der Waals surface area (Å²) in [6.45, 7) is 1.56. The van der Waals surface area contributed by atoms with Gasteiger partial charge in [-0.3, -0.25) is 9.89 Å². The van der Waals surface area contributed by atoms with Crippen LogP contribution in [0.15, 0.2) is 24.4 Å². The molecule has 2 rings (SSSR count). The van der Waals surface area contributed by atoms with E-state index in [-0.39, 0.29) is 18.6 Å². The number of nitrogens with one attached hydrogen (secondary N) is 2. The summed E-state index contributed by atoms with van der Waals surface area (Å²) in [7, 11) is 0. The van der Waals surface area contributed by atoms with Crippen LogP contribution in [0.3, 0.4) is 0 Å². The topological polar surface area (TPSA) is 78.0 Å². The van der Waals surface area contributed by atoms with Crippen molar-refractivity contribution in [3.63, 3.8) is 0 Å². The van der Waals surface area contributed by atoms with E-state index >= 15 is 0 Å². The van der Waals surface area contributed by atoms with Crippen molar-refractivity contribution < 1.29 is 9.90 Å². The molecule has 0 spiro atoms. The number of benzene rings is 1. The standard InChI is InChI=1S/C13H13Cl2N3O2/c1-7(6-19)17-13(20)10-5-16-18-12(10)9-3-2-8(14)4-11(9)15/h2-5,7,19H,6H2,1H3,(H,16,18)(H,17,20)/t7-/m0/s1. The Balaban J connectivity index is 2.35. The number of amides is 1. The lowest BCUT2D eigenvalue weighted by Crippen LogP contribution is -2.35. The van der Waals surface area contributed by atoms with E-state index in [1.165, 1.54) is 6.20 Å². The van der Waals surface area contributed by atoms with E-state index in [4.69, 9.17) is 28.3 Å². The fourth-order valence-corrected chi connectivity index (χ4v) is 2.21. The third-order valence-corrected chi connectivity index (χ3v) is 3.28. The van der Waals surface area contributed by atoms with Crippen LogP contribution in [-0.4, -0.2) is 33.9 Å². The van der Waals surface area contributed by atoms with Crippen LogP contribution >= 0.6 is 23.2 Å². The number of aliphatic hydroxyl groups excluding tert-OH is 1. The van der Waals surface area contributed by atoms with E-state index < -0.39 is 0 Å². The normalized spacial score (nSPS) is 12.2. The Bertz CT molecular complexity index is 628. The Hall–Kier alpha value is -1.56. The predicted molar refractivity (Wildman–Crippen MR) is 78.1 cm³/mol. The summed E-state index contributed by atoms with van der Waals surface area (Å²) < 4.78 is 0. The van der Waals surface area contributed by atoms with Crippen LogP contribution < -0.4 is 5.32 Å². The van der Waals surface area contributed by atoms with Gasteiger partial charge in [0, 0.05) is 16.6 Å². The molecular weight excluding hydrogens is 301 g/mol. The lowest BCUT2D eigenvalue weighted by molar-refractivity contribution is 0.0923. The molecule has 0 bridgehead atoms. The molecule has 1 amide bonds. The van der Waals surface area contributed by atoms with Crippen molar-refractivity contribution in [2.75, 3.05) is 6.61 Å². The molecule has 0 aliphatic rings. The van der Waals surface area contributed by atoms with Crippen LogP contribution in [0.2, 0.25) is 10.0 Å². The summed E-state index contributed by atoms with van der Waals surface area (Å²) in [5.41, 5.74) is 1.50. The minimum Gasteiger partial charge on any atom is -0.394 e. The smallest absolute Gasteiger partial charge is 0.255 e. The van der Waals surface area contributed by atoms with E-state index in [9.17, 15) is 4.79 Å². The molecule has 5 nitrogen and oxygen atoms in total. The number of aromatic nitrogens is 2. The summed E-state index contributed by atoms with van der Waals surface area (Å²) in [6, 6.07) is 4.65. The van der Waals surface area contributed by atoms with Gasteiger partial charge < -0.3 is 10.4 Å². The van der Waals surface area contributed by atoms with Gasteiger partial charge in [0.05, 0.1) is 29.1 Å². The van der Waals surface area contributed by atoms with Crippen LogP contribution in [0.25, 0.3) is 11.3 Å². The zero-order valence-electron chi connectivity index (χ0n) is 10.7. The average molecular weight is 314 g/mol. The van der Waals surface area contributed by atoms with Crippen molar-refractivity contribution in [1.29, 1.82) is 0 Å². The van der Waals surface area contributed by atoms with E-state index in [2.05, 4.69) is 15.5 Å². The number of halogens is 2. The van der Waals surface area contributed by atoms with Crippen molar-refractivity contribution >= 4 is 29.1 Å². The van der Waals surface area contributed by atoms with Crippen molar-refractivity contribution in [3.8, 4) is 11.3 Å². The number of carbonyl (C=O) groups excluding carboxylic acids is 1. The number of carbonyl (C=O) groups is 1. The summed E-state index contributed by atoms with van der Waals surface area (Å²) in [6.07, 6.45) is 1.42. The summed E-state index contributed by atoms with van der Waals surface area (Å²) in [5, 5.41) is 19.2. The highest BCUT2D eigenvalue weighted by Gasteiger charge is 2.18. The third-order valence-electron chi connectivity index (χ3n) is 2.74. The Morgan fingerprint density at radius 2 is 2.25 bits per heavy atom. The monoisotopic (exact) mass is 313 g/mol. The largest absolute Gasteiger partial charge is 0.394 e. The maximum Gasteiger partial charge on any atom is 0.255 e. The Kier molecular flexibility index (Phi) is 4.65. The Morgan fingerprint density at radius 3 is 2.90 bits per heavy atom. The molecule has 1 heterocycles. The van der Waals surface area contributed by atoms with Gasteiger partial charge >= 0.3 is 0 Å². The second-order valence-electron chi connectivity index (χ2n) is 4.34. The van der Waals surface area contributed by atoms with E-state index in [0.717, 1.165) is 0 Å². The SMILES string of the molecule is C[C@@H](CO)NC(=O)c1cn[nH]c1-c1ccc(Cl)cc1Cl. The minimum absolute atomic E-state index is 0.138. The second kappa shape index (κ2) is 6.26. The molecule has 0 fully saturated rings. The number of nitrogens with zero attached hydrogens (tertiary/aromatic N) is 1. The molecule has 3 N–H and O–H groups in total. The number of hydrogen-bond acceptors (Lipinski definition) is 3. The molecule has 0 aliphatic carbocycles. The van der Waals surface area contributed by atoms with Gasteiger partial charge in [-0.2, -0.15) is 5.10 Å². The van der Waals surface area contributed by atoms with Gasteiger partial charge in [-0.15, -0.1) is 0 Å². The van der Waals surface area contributed by atoms with Crippen LogP contribution in [0, 0.1) is 0 Å². The molecule has 0 radical (unpaired) electrons. The molecule has 2 aromatic rings. The maximum absolute atomic E-state index is 12.1. The summed E-state index contributed by atoms with van der Waals surface area (Å²) >= 11 is 12.0. The highest BCUT2D eigenvalue weighted by molar-refractivity contribution is 6.36. The number of H-pyrrole nitrogens is 1. The molecule has 1 aromatic heterocycles. The van der Waals surface area contributed by atoms with Gasteiger partial charge in [0.2, 0.25) is 0 Å². The predicted octanol–water partition coefficient (Wildman–Crippen LogP) is 2.49. The summed E-state index contributed by atoms with van der Waals surface area (Å²) in [5.74, 6) is -0.332. The number of hydrogen-bond donors (Lipinski definition) is 3. The zero-order chi connectivity index (χ0) is 14.7. The van der Waals surface area contributed by atoms with Gasteiger partial charge in [0.1, 0.15) is 0 Å². The van der Waals surface area contributed by atoms with Crippen LogP contribution in [0.1, 0.15) is 17.3 Å². The van der Waals surface area contributed by atoms with Gasteiger partial charge in [0.15, 0.2) is 0 Å². The highest BCUT2D eigenvalue weighted by atomic mass is 35.5. The molecule has 0 saturated heterocycles. The first-order chi connectivity index (χ1) is 9.52. The molecule has 0 unspecified atom stereocenters. The Labute approximate surface area is 125 Å². The number of aliphatic hydroxyl groups is 1. The van der Waals surface area contributed by atoms with Crippen molar-refractivity contribution in [2.24, 2.45) is 0 Å². The molecular formula is C13H13Cl2N3O2. The first-order valence-corrected chi connectivity index (χ1v) is 6.69. The molecule has 1 aromatic carbocycles. The Morgan fingerprint density at radius 1 is 1.50 bits per heavy atom. The van der Waals surface area contributed by atoms with E-state index in [1.54, 1.807) is 25.1 Å². The van der Waals surface area contributed by atoms with Crippen LogP contribution in [0.5, 0.6) is 0 Å². The lowest BCUT2D eigenvalue weighted by Gasteiger charge is -2.11. The molecule has 106 valence electrons. The molecule has 7 heteroatoms. The highest BCUT2D eigenvalue weighted by Crippen LogP contribution is 2.31. The van der Waals surface area contributed by atoms with Gasteiger partial charge in [-0.1, -0.05) is 23.2 Å². The minimum atomic E-state index is -0.342. The van der Waals surface area contributed by atoms with Gasteiger partial charge in [0.25, 0.3) is 5.91 Å². The van der Waals surface area contributed by atoms with Crippen molar-refractivity contribution in [1.82, 2.24) is 15.5 Å². The van der Waals surface area contributed by atoms with E-state index in [1.807, 2.05) is 0 Å². The third kappa shape index (κ3) is 3.12. The molecule has 1 atom stereocenters. The van der Waals surface area contributed by atoms with Crippen molar-refractivity contribution in [2.45, 2.75) is 13.0 Å². The van der Waals surface area contributed by atoms with Crippen LogP contribution in [-0.2, 0) is 0 Å². The lowest BCUT2D eigenvalue weighted by atomic mass is 10.1. The first-order valence-electron chi connectivity index (χ1n) is 5.93.